The van der Waals surface area contributed by atoms with Crippen molar-refractivity contribution in [2.45, 2.75) is 154 Å². The van der Waals surface area contributed by atoms with Gasteiger partial charge in [0.15, 0.2) is 0 Å². The molecule has 0 aliphatic carbocycles. The second-order valence-corrected chi connectivity index (χ2v) is 12.5. The Morgan fingerprint density at radius 1 is 0.606 bits per heavy atom. The minimum Gasteiger partial charge on any atom is -0.314 e. The summed E-state index contributed by atoms with van der Waals surface area (Å²) < 4.78 is 24.7. The van der Waals surface area contributed by atoms with Gasteiger partial charge in [0, 0.05) is 12.8 Å². The zero-order valence-corrected chi connectivity index (χ0v) is 24.1. The van der Waals surface area contributed by atoms with E-state index in [0.717, 1.165) is 25.7 Å². The van der Waals surface area contributed by atoms with Crippen molar-refractivity contribution in [3.63, 3.8) is 0 Å². The van der Waals surface area contributed by atoms with Crippen LogP contribution in [0.3, 0.4) is 0 Å². The average Bonchev–Trinajstić information content (AvgIpc) is 2.76. The molecule has 0 saturated carbocycles. The van der Waals surface area contributed by atoms with Crippen molar-refractivity contribution < 1.29 is 13.6 Å². The van der Waals surface area contributed by atoms with Gasteiger partial charge in [0.2, 0.25) is 5.28 Å². The highest BCUT2D eigenvalue weighted by atomic mass is 31.1. The first-order valence-corrected chi connectivity index (χ1v) is 15.6. The van der Waals surface area contributed by atoms with E-state index >= 15 is 0 Å². The third kappa shape index (κ3) is 16.0. The quantitative estimate of drug-likeness (QED) is 0.0591. The Morgan fingerprint density at radius 2 is 0.970 bits per heavy atom. The molecule has 0 aromatic heterocycles. The number of hydrogen-bond acceptors (Lipinski definition) is 2. The number of allylic oxidation sites excluding steroid dienone is 2. The molecule has 4 heteroatoms. The van der Waals surface area contributed by atoms with Crippen LogP contribution in [-0.4, -0.2) is 30.9 Å². The highest BCUT2D eigenvalue weighted by Gasteiger charge is 2.47. The van der Waals surface area contributed by atoms with Gasteiger partial charge in [0.25, 0.3) is 0 Å². The van der Waals surface area contributed by atoms with Gasteiger partial charge in [-0.15, -0.1) is 0 Å². The number of hydrogen-bond donors (Lipinski definition) is 0. The standard InChI is InChI=1S/C29H59NO2P/c1-6-8-9-10-11-12-13-14-15-16-17-18-19-20-21-22-23-24-25-26-28-29(27-7-2,33(31)32)30(3,4)5/h6,8H,7,9-28H2,1-5H3/q+1. The van der Waals surface area contributed by atoms with E-state index in [-0.39, 0.29) is 0 Å². The Balaban J connectivity index is 3.54. The van der Waals surface area contributed by atoms with E-state index in [0.29, 0.717) is 4.48 Å². The van der Waals surface area contributed by atoms with Crippen LogP contribution in [0.2, 0.25) is 0 Å². The molecule has 0 aliphatic heterocycles. The van der Waals surface area contributed by atoms with Crippen LogP contribution >= 0.6 is 7.68 Å². The first-order valence-electron chi connectivity index (χ1n) is 14.4. The summed E-state index contributed by atoms with van der Waals surface area (Å²) >= 11 is 0. The van der Waals surface area contributed by atoms with Crippen molar-refractivity contribution >= 4 is 7.68 Å². The molecule has 0 aromatic carbocycles. The normalized spacial score (nSPS) is 14.1. The minimum atomic E-state index is -2.42. The van der Waals surface area contributed by atoms with Crippen LogP contribution in [0.5, 0.6) is 0 Å². The summed E-state index contributed by atoms with van der Waals surface area (Å²) in [5, 5.41) is -0.587. The first-order chi connectivity index (χ1) is 15.8. The zero-order chi connectivity index (χ0) is 24.8. The lowest BCUT2D eigenvalue weighted by Crippen LogP contribution is -2.53. The fourth-order valence-electron chi connectivity index (χ4n) is 5.11. The second-order valence-electron chi connectivity index (χ2n) is 11.1. The summed E-state index contributed by atoms with van der Waals surface area (Å²) in [6.45, 7) is 4.21. The molecule has 0 spiro atoms. The summed E-state index contributed by atoms with van der Waals surface area (Å²) in [6, 6.07) is 0. The first kappa shape index (κ1) is 32.6. The highest BCUT2D eigenvalue weighted by molar-refractivity contribution is 7.32. The third-order valence-electron chi connectivity index (χ3n) is 7.42. The molecule has 3 nitrogen and oxygen atoms in total. The fraction of sp³-hybridized carbons (Fsp3) is 0.931. The van der Waals surface area contributed by atoms with E-state index in [1.807, 2.05) is 21.1 Å². The van der Waals surface area contributed by atoms with Gasteiger partial charge in [0.05, 0.1) is 21.1 Å². The van der Waals surface area contributed by atoms with Crippen LogP contribution in [0, 0.1) is 0 Å². The van der Waals surface area contributed by atoms with E-state index in [4.69, 9.17) is 0 Å². The van der Waals surface area contributed by atoms with Crippen molar-refractivity contribution in [2.24, 2.45) is 0 Å². The summed E-state index contributed by atoms with van der Waals surface area (Å²) in [6.07, 6.45) is 31.3. The molecule has 1 atom stereocenters. The Bertz CT molecular complexity index is 528. The molecule has 0 rings (SSSR count). The van der Waals surface area contributed by atoms with Crippen molar-refractivity contribution in [3.05, 3.63) is 12.2 Å². The SMILES string of the molecule is CC=CCCCCCCCCCCCCCCCCCCCC(CCC)(P(=O)=O)[N+](C)(C)C. The number of nitrogens with zero attached hydrogens (tertiary/aromatic N) is 1. The molecule has 0 N–H and O–H groups in total. The fourth-order valence-corrected chi connectivity index (χ4v) is 6.35. The molecular formula is C29H59NO2P+. The Hall–Kier alpha value is -0.400. The van der Waals surface area contributed by atoms with Gasteiger partial charge in [-0.3, -0.25) is 0 Å². The van der Waals surface area contributed by atoms with E-state index in [9.17, 15) is 9.13 Å². The van der Waals surface area contributed by atoms with Gasteiger partial charge in [-0.2, -0.15) is 0 Å². The average molecular weight is 485 g/mol. The molecule has 0 bridgehead atoms. The van der Waals surface area contributed by atoms with Crippen LogP contribution in [0.25, 0.3) is 0 Å². The lowest BCUT2D eigenvalue weighted by molar-refractivity contribution is -0.908. The molecule has 1 unspecified atom stereocenters. The predicted molar refractivity (Wildman–Crippen MR) is 147 cm³/mol. The number of unbranched alkanes of at least 4 members (excludes halogenated alkanes) is 17. The summed E-state index contributed by atoms with van der Waals surface area (Å²) in [5.41, 5.74) is 0. The maximum atomic E-state index is 12.1. The molecule has 0 radical (unpaired) electrons. The van der Waals surface area contributed by atoms with E-state index in [1.54, 1.807) is 0 Å². The molecule has 0 heterocycles. The Labute approximate surface area is 208 Å². The predicted octanol–water partition coefficient (Wildman–Crippen LogP) is 10.3. The number of quaternary nitrogens is 1. The largest absolute Gasteiger partial charge is 0.378 e. The molecule has 0 saturated heterocycles. The van der Waals surface area contributed by atoms with Gasteiger partial charge in [0.1, 0.15) is 0 Å². The zero-order valence-electron chi connectivity index (χ0n) is 23.2. The lowest BCUT2D eigenvalue weighted by Gasteiger charge is -2.41. The summed E-state index contributed by atoms with van der Waals surface area (Å²) in [5.74, 6) is 0. The molecule has 0 amide bonds. The molecule has 196 valence electrons. The highest BCUT2D eigenvalue weighted by Crippen LogP contribution is 2.44. The van der Waals surface area contributed by atoms with Gasteiger partial charge in [-0.25, -0.2) is 9.13 Å². The lowest BCUT2D eigenvalue weighted by atomic mass is 9.99. The van der Waals surface area contributed by atoms with E-state index < -0.39 is 13.0 Å². The Kier molecular flexibility index (Phi) is 20.7. The second kappa shape index (κ2) is 20.9. The third-order valence-corrected chi connectivity index (χ3v) is 9.15. The van der Waals surface area contributed by atoms with Crippen molar-refractivity contribution in [1.29, 1.82) is 0 Å². The Morgan fingerprint density at radius 3 is 1.27 bits per heavy atom. The number of rotatable bonds is 24. The molecule has 33 heavy (non-hydrogen) atoms. The van der Waals surface area contributed by atoms with Crippen LogP contribution in [-0.2, 0) is 9.13 Å². The van der Waals surface area contributed by atoms with Gasteiger partial charge in [-0.1, -0.05) is 115 Å². The van der Waals surface area contributed by atoms with Crippen LogP contribution < -0.4 is 0 Å². The maximum absolute atomic E-state index is 12.1. The van der Waals surface area contributed by atoms with Crippen LogP contribution in [0.1, 0.15) is 149 Å². The van der Waals surface area contributed by atoms with Crippen LogP contribution in [0.4, 0.5) is 0 Å². The van der Waals surface area contributed by atoms with Crippen molar-refractivity contribution in [1.82, 2.24) is 0 Å². The van der Waals surface area contributed by atoms with Crippen LogP contribution in [0.15, 0.2) is 12.2 Å². The molecule has 0 aliphatic rings. The van der Waals surface area contributed by atoms with E-state index in [2.05, 4.69) is 26.0 Å². The van der Waals surface area contributed by atoms with E-state index in [1.165, 1.54) is 109 Å². The van der Waals surface area contributed by atoms with Crippen molar-refractivity contribution in [3.8, 4) is 0 Å². The molecule has 0 aromatic rings. The van der Waals surface area contributed by atoms with Crippen molar-refractivity contribution in [2.75, 3.05) is 21.1 Å². The van der Waals surface area contributed by atoms with Gasteiger partial charge >= 0.3 is 7.68 Å². The van der Waals surface area contributed by atoms with Gasteiger partial charge < -0.3 is 4.48 Å². The smallest absolute Gasteiger partial charge is 0.314 e. The topological polar surface area (TPSA) is 34.1 Å². The minimum absolute atomic E-state index is 0.524. The molecule has 0 fully saturated rings. The van der Waals surface area contributed by atoms with Gasteiger partial charge in [-0.05, 0) is 32.6 Å². The summed E-state index contributed by atoms with van der Waals surface area (Å²) in [7, 11) is 3.69. The maximum Gasteiger partial charge on any atom is 0.378 e. The molecular weight excluding hydrogens is 425 g/mol. The summed E-state index contributed by atoms with van der Waals surface area (Å²) in [4.78, 5) is 0. The monoisotopic (exact) mass is 484 g/mol.